The number of aromatic nitrogens is 2. The van der Waals surface area contributed by atoms with Gasteiger partial charge >= 0.3 is 0 Å². The van der Waals surface area contributed by atoms with Crippen LogP contribution in [0.1, 0.15) is 49.4 Å². The van der Waals surface area contributed by atoms with Crippen LogP contribution in [-0.4, -0.2) is 40.9 Å². The molecule has 2 aliphatic rings. The molecule has 1 fully saturated rings. The Hall–Kier alpha value is -0.870. The fourth-order valence-electron chi connectivity index (χ4n) is 3.50. The highest BCUT2D eigenvalue weighted by Crippen LogP contribution is 2.28. The smallest absolute Gasteiger partial charge is 0.0540 e. The summed E-state index contributed by atoms with van der Waals surface area (Å²) in [6.07, 6.45) is 9.99. The summed E-state index contributed by atoms with van der Waals surface area (Å²) in [5, 5.41) is 8.16. The maximum absolute atomic E-state index is 4.41. The van der Waals surface area contributed by atoms with Crippen molar-refractivity contribution in [1.29, 1.82) is 0 Å². The Labute approximate surface area is 116 Å². The van der Waals surface area contributed by atoms with Crippen molar-refractivity contribution in [2.45, 2.75) is 44.6 Å². The fourth-order valence-corrected chi connectivity index (χ4v) is 3.50. The first-order valence-electron chi connectivity index (χ1n) is 7.81. The topological polar surface area (TPSA) is 33.1 Å². The molecule has 4 heteroatoms. The van der Waals surface area contributed by atoms with Gasteiger partial charge in [-0.3, -0.25) is 4.68 Å². The first-order chi connectivity index (χ1) is 9.34. The summed E-state index contributed by atoms with van der Waals surface area (Å²) in [5.74, 6) is 0. The number of likely N-dealkylation sites (tertiary alicyclic amines) is 1. The van der Waals surface area contributed by atoms with Gasteiger partial charge in [0.1, 0.15) is 0 Å². The molecule has 1 aliphatic heterocycles. The van der Waals surface area contributed by atoms with Gasteiger partial charge in [0.25, 0.3) is 0 Å². The number of hydrogen-bond donors (Lipinski definition) is 1. The van der Waals surface area contributed by atoms with Crippen molar-refractivity contribution in [3.63, 3.8) is 0 Å². The molecular weight excluding hydrogens is 236 g/mol. The van der Waals surface area contributed by atoms with Crippen LogP contribution < -0.4 is 5.32 Å². The van der Waals surface area contributed by atoms with E-state index in [0.29, 0.717) is 6.04 Å². The van der Waals surface area contributed by atoms with Crippen LogP contribution in [0.5, 0.6) is 0 Å². The monoisotopic (exact) mass is 262 g/mol. The van der Waals surface area contributed by atoms with Crippen LogP contribution in [0.2, 0.25) is 0 Å². The van der Waals surface area contributed by atoms with Gasteiger partial charge < -0.3 is 10.2 Å². The van der Waals surface area contributed by atoms with Crippen molar-refractivity contribution < 1.29 is 0 Å². The van der Waals surface area contributed by atoms with Gasteiger partial charge in [-0.2, -0.15) is 5.10 Å². The minimum absolute atomic E-state index is 0.530. The van der Waals surface area contributed by atoms with E-state index in [1.54, 1.807) is 0 Å². The molecule has 4 nitrogen and oxygen atoms in total. The molecule has 0 bridgehead atoms. The molecule has 1 atom stereocenters. The van der Waals surface area contributed by atoms with Gasteiger partial charge in [-0.15, -0.1) is 0 Å². The summed E-state index contributed by atoms with van der Waals surface area (Å²) in [5.41, 5.74) is 2.87. The van der Waals surface area contributed by atoms with Gasteiger partial charge in [0, 0.05) is 37.4 Å². The normalized spacial score (nSPS) is 24.4. The van der Waals surface area contributed by atoms with Crippen LogP contribution in [0.15, 0.2) is 6.20 Å². The largest absolute Gasteiger partial charge is 0.309 e. The van der Waals surface area contributed by atoms with Crippen molar-refractivity contribution in [1.82, 2.24) is 20.0 Å². The maximum Gasteiger partial charge on any atom is 0.0540 e. The highest BCUT2D eigenvalue weighted by molar-refractivity contribution is 5.24. The minimum Gasteiger partial charge on any atom is -0.309 e. The average molecular weight is 262 g/mol. The zero-order valence-corrected chi connectivity index (χ0v) is 12.1. The number of aryl methyl sites for hydroxylation is 1. The van der Waals surface area contributed by atoms with E-state index in [1.807, 2.05) is 4.68 Å². The van der Waals surface area contributed by atoms with Crippen molar-refractivity contribution >= 4 is 0 Å². The number of rotatable bonds is 4. The summed E-state index contributed by atoms with van der Waals surface area (Å²) in [6, 6.07) is 0.530. The third kappa shape index (κ3) is 3.00. The van der Waals surface area contributed by atoms with Crippen molar-refractivity contribution in [3.05, 3.63) is 17.5 Å². The first kappa shape index (κ1) is 13.1. The molecule has 0 amide bonds. The Morgan fingerprint density at radius 2 is 2.11 bits per heavy atom. The zero-order valence-electron chi connectivity index (χ0n) is 12.1. The number of fused-ring (bicyclic) bond motifs is 1. The second kappa shape index (κ2) is 6.06. The predicted octanol–water partition coefficient (Wildman–Crippen LogP) is 1.87. The van der Waals surface area contributed by atoms with E-state index in [-0.39, 0.29) is 0 Å². The minimum atomic E-state index is 0.530. The van der Waals surface area contributed by atoms with Crippen LogP contribution >= 0.6 is 0 Å². The molecule has 0 spiro atoms. The number of nitrogens with zero attached hydrogens (tertiary/aromatic N) is 3. The molecule has 0 saturated carbocycles. The highest BCUT2D eigenvalue weighted by atomic mass is 15.3. The Morgan fingerprint density at radius 3 is 2.95 bits per heavy atom. The second-order valence-electron chi connectivity index (χ2n) is 5.97. The van der Waals surface area contributed by atoms with Gasteiger partial charge in [0.15, 0.2) is 0 Å². The Morgan fingerprint density at radius 1 is 1.26 bits per heavy atom. The van der Waals surface area contributed by atoms with Crippen LogP contribution in [0, 0.1) is 0 Å². The van der Waals surface area contributed by atoms with Crippen LogP contribution in [-0.2, 0) is 13.5 Å². The highest BCUT2D eigenvalue weighted by Gasteiger charge is 2.22. The quantitative estimate of drug-likeness (QED) is 0.899. The molecule has 1 aromatic rings. The summed E-state index contributed by atoms with van der Waals surface area (Å²) in [4.78, 5) is 2.60. The summed E-state index contributed by atoms with van der Waals surface area (Å²) >= 11 is 0. The number of piperidine rings is 1. The average Bonchev–Trinajstić information content (AvgIpc) is 2.83. The van der Waals surface area contributed by atoms with Gasteiger partial charge in [-0.25, -0.2) is 0 Å². The first-order valence-corrected chi connectivity index (χ1v) is 7.81. The van der Waals surface area contributed by atoms with Gasteiger partial charge in [0.05, 0.1) is 6.20 Å². The zero-order chi connectivity index (χ0) is 13.1. The van der Waals surface area contributed by atoms with E-state index < -0.39 is 0 Å². The van der Waals surface area contributed by atoms with Gasteiger partial charge in [0.2, 0.25) is 0 Å². The lowest BCUT2D eigenvalue weighted by Crippen LogP contribution is -2.37. The second-order valence-corrected chi connectivity index (χ2v) is 5.97. The Kier molecular flexibility index (Phi) is 4.18. The molecule has 1 unspecified atom stereocenters. The third-order valence-electron chi connectivity index (χ3n) is 4.64. The van der Waals surface area contributed by atoms with E-state index in [1.165, 1.54) is 69.4 Å². The van der Waals surface area contributed by atoms with Crippen LogP contribution in [0.4, 0.5) is 0 Å². The van der Waals surface area contributed by atoms with Crippen molar-refractivity contribution in [3.8, 4) is 0 Å². The lowest BCUT2D eigenvalue weighted by Gasteiger charge is -2.28. The van der Waals surface area contributed by atoms with E-state index in [2.05, 4.69) is 28.6 Å². The van der Waals surface area contributed by atoms with Gasteiger partial charge in [-0.05, 0) is 45.2 Å². The number of nitrogens with one attached hydrogen (secondary N) is 1. The lowest BCUT2D eigenvalue weighted by atomic mass is 9.93. The predicted molar refractivity (Wildman–Crippen MR) is 77.2 cm³/mol. The van der Waals surface area contributed by atoms with Crippen molar-refractivity contribution in [2.24, 2.45) is 7.05 Å². The molecule has 1 N–H and O–H groups in total. The molecule has 1 aliphatic carbocycles. The van der Waals surface area contributed by atoms with E-state index in [0.717, 1.165) is 6.54 Å². The van der Waals surface area contributed by atoms with Crippen molar-refractivity contribution in [2.75, 3.05) is 26.2 Å². The van der Waals surface area contributed by atoms with Crippen LogP contribution in [0.3, 0.4) is 0 Å². The molecule has 0 radical (unpaired) electrons. The third-order valence-corrected chi connectivity index (χ3v) is 4.64. The molecule has 106 valence electrons. The SMILES string of the molecule is Cn1ncc2c1CCCC2NCCN1CCCCC1. The maximum atomic E-state index is 4.41. The van der Waals surface area contributed by atoms with Gasteiger partial charge in [-0.1, -0.05) is 6.42 Å². The molecule has 1 saturated heterocycles. The fraction of sp³-hybridized carbons (Fsp3) is 0.800. The number of hydrogen-bond acceptors (Lipinski definition) is 3. The lowest BCUT2D eigenvalue weighted by molar-refractivity contribution is 0.225. The Bertz CT molecular complexity index is 406. The molecule has 1 aromatic heterocycles. The summed E-state index contributed by atoms with van der Waals surface area (Å²) in [6.45, 7) is 4.90. The standard InChI is InChI=1S/C15H26N4/c1-18-15-7-5-6-14(13(15)12-17-18)16-8-11-19-9-3-2-4-10-19/h12,14,16H,2-11H2,1H3. The van der Waals surface area contributed by atoms with E-state index in [9.17, 15) is 0 Å². The summed E-state index contributed by atoms with van der Waals surface area (Å²) in [7, 11) is 2.06. The molecule has 2 heterocycles. The van der Waals surface area contributed by atoms with E-state index >= 15 is 0 Å². The van der Waals surface area contributed by atoms with Crippen LogP contribution in [0.25, 0.3) is 0 Å². The molecule has 0 aromatic carbocycles. The Balaban J connectivity index is 1.50. The molecule has 3 rings (SSSR count). The van der Waals surface area contributed by atoms with E-state index in [4.69, 9.17) is 0 Å². The molecule has 19 heavy (non-hydrogen) atoms. The molecular formula is C15H26N4. The summed E-state index contributed by atoms with van der Waals surface area (Å²) < 4.78 is 2.05.